The Hall–Kier alpha value is -2.36. The minimum atomic E-state index is 0.623. The van der Waals surface area contributed by atoms with Crippen LogP contribution in [-0.2, 0) is 0 Å². The Morgan fingerprint density at radius 1 is 1.10 bits per heavy atom. The maximum Gasteiger partial charge on any atom is 0.123 e. The lowest BCUT2D eigenvalue weighted by molar-refractivity contribution is 0.340. The molecule has 4 heteroatoms. The Labute approximate surface area is 126 Å². The fraction of sp³-hybridized carbons (Fsp3) is 0.294. The normalized spacial score (nSPS) is 10.3. The van der Waals surface area contributed by atoms with Crippen molar-refractivity contribution in [3.05, 3.63) is 42.0 Å². The average molecular weight is 285 g/mol. The summed E-state index contributed by atoms with van der Waals surface area (Å²) in [7, 11) is 4.08. The Morgan fingerprint density at radius 3 is 2.52 bits per heavy atom. The molecule has 0 amide bonds. The van der Waals surface area contributed by atoms with E-state index in [1.165, 1.54) is 11.3 Å². The molecule has 112 valence electrons. The zero-order valence-electron chi connectivity index (χ0n) is 13.1. The summed E-state index contributed by atoms with van der Waals surface area (Å²) in [5.74, 6) is 0.778. The van der Waals surface area contributed by atoms with Crippen LogP contribution in [0, 0.1) is 6.92 Å². The summed E-state index contributed by atoms with van der Waals surface area (Å²) in [6, 6.07) is 12.0. The van der Waals surface area contributed by atoms with Gasteiger partial charge in [0.05, 0.1) is 6.61 Å². The van der Waals surface area contributed by atoms with E-state index in [4.69, 9.17) is 10.5 Å². The minimum absolute atomic E-state index is 0.623. The van der Waals surface area contributed by atoms with Crippen LogP contribution in [0.3, 0.4) is 0 Å². The quantitative estimate of drug-likeness (QED) is 0.821. The van der Waals surface area contributed by atoms with Crippen molar-refractivity contribution < 1.29 is 4.74 Å². The maximum absolute atomic E-state index is 5.92. The molecule has 0 aliphatic carbocycles. The third-order valence-corrected chi connectivity index (χ3v) is 3.22. The monoisotopic (exact) mass is 285 g/mol. The summed E-state index contributed by atoms with van der Waals surface area (Å²) in [4.78, 5) is 2.10. The number of benzene rings is 2. The second-order valence-corrected chi connectivity index (χ2v) is 5.24. The Bertz CT molecular complexity index is 623. The van der Waals surface area contributed by atoms with Gasteiger partial charge in [0.1, 0.15) is 5.75 Å². The summed E-state index contributed by atoms with van der Waals surface area (Å²) in [5.41, 5.74) is 11.0. The minimum Gasteiger partial charge on any atom is -0.494 e. The molecule has 0 aliphatic heterocycles. The third-order valence-electron chi connectivity index (χ3n) is 3.22. The van der Waals surface area contributed by atoms with E-state index in [0.717, 1.165) is 17.1 Å². The van der Waals surface area contributed by atoms with Gasteiger partial charge in [-0.25, -0.2) is 0 Å². The van der Waals surface area contributed by atoms with Crippen molar-refractivity contribution in [2.75, 3.05) is 36.7 Å². The fourth-order valence-corrected chi connectivity index (χ4v) is 2.28. The molecule has 0 atom stereocenters. The molecule has 4 nitrogen and oxygen atoms in total. The first-order valence-corrected chi connectivity index (χ1v) is 7.08. The zero-order valence-corrected chi connectivity index (χ0v) is 13.1. The molecule has 0 heterocycles. The first kappa shape index (κ1) is 15.0. The van der Waals surface area contributed by atoms with Crippen LogP contribution < -0.4 is 20.7 Å². The summed E-state index contributed by atoms with van der Waals surface area (Å²) < 4.78 is 5.52. The Morgan fingerprint density at radius 2 is 1.86 bits per heavy atom. The molecule has 2 aromatic carbocycles. The molecule has 0 radical (unpaired) electrons. The van der Waals surface area contributed by atoms with Gasteiger partial charge in [0, 0.05) is 49.0 Å². The van der Waals surface area contributed by atoms with Crippen LogP contribution >= 0.6 is 0 Å². The predicted molar refractivity (Wildman–Crippen MR) is 90.8 cm³/mol. The lowest BCUT2D eigenvalue weighted by Crippen LogP contribution is -2.10. The lowest BCUT2D eigenvalue weighted by Gasteiger charge is -2.18. The Balaban J connectivity index is 2.27. The van der Waals surface area contributed by atoms with Gasteiger partial charge in [-0.1, -0.05) is 6.07 Å². The van der Waals surface area contributed by atoms with Gasteiger partial charge in [0.2, 0.25) is 0 Å². The largest absolute Gasteiger partial charge is 0.494 e. The molecule has 2 rings (SSSR count). The van der Waals surface area contributed by atoms with Crippen molar-refractivity contribution in [3.63, 3.8) is 0 Å². The highest BCUT2D eigenvalue weighted by Crippen LogP contribution is 2.28. The number of hydrogen-bond acceptors (Lipinski definition) is 4. The average Bonchev–Trinajstić information content (AvgIpc) is 2.40. The number of aryl methyl sites for hydroxylation is 1. The van der Waals surface area contributed by atoms with Gasteiger partial charge in [0.25, 0.3) is 0 Å². The van der Waals surface area contributed by atoms with E-state index in [9.17, 15) is 0 Å². The summed E-state index contributed by atoms with van der Waals surface area (Å²) in [5, 5.41) is 3.38. The smallest absolute Gasteiger partial charge is 0.123 e. The van der Waals surface area contributed by atoms with Gasteiger partial charge in [-0.15, -0.1) is 0 Å². The molecule has 2 aromatic rings. The van der Waals surface area contributed by atoms with Crippen LogP contribution in [0.15, 0.2) is 36.4 Å². The molecule has 0 unspecified atom stereocenters. The molecule has 0 saturated heterocycles. The number of hydrogen-bond donors (Lipinski definition) is 2. The van der Waals surface area contributed by atoms with Crippen molar-refractivity contribution in [2.45, 2.75) is 13.8 Å². The molecule has 3 N–H and O–H groups in total. The van der Waals surface area contributed by atoms with Crippen molar-refractivity contribution in [1.82, 2.24) is 0 Å². The predicted octanol–water partition coefficient (Wildman–Crippen LogP) is 3.79. The highest BCUT2D eigenvalue weighted by Gasteiger charge is 2.04. The highest BCUT2D eigenvalue weighted by molar-refractivity contribution is 5.70. The first-order chi connectivity index (χ1) is 9.99. The van der Waals surface area contributed by atoms with E-state index in [0.29, 0.717) is 12.3 Å². The number of nitrogens with one attached hydrogen (secondary N) is 1. The van der Waals surface area contributed by atoms with Crippen molar-refractivity contribution >= 4 is 22.7 Å². The molecule has 0 bridgehead atoms. The third kappa shape index (κ3) is 3.81. The van der Waals surface area contributed by atoms with Crippen molar-refractivity contribution in [2.24, 2.45) is 0 Å². The second-order valence-electron chi connectivity index (χ2n) is 5.24. The van der Waals surface area contributed by atoms with E-state index < -0.39 is 0 Å². The molecule has 21 heavy (non-hydrogen) atoms. The van der Waals surface area contributed by atoms with Gasteiger partial charge < -0.3 is 20.7 Å². The van der Waals surface area contributed by atoms with Crippen molar-refractivity contribution in [3.8, 4) is 5.75 Å². The number of ether oxygens (including phenoxy) is 1. The number of nitrogen functional groups attached to an aromatic ring is 1. The summed E-state index contributed by atoms with van der Waals surface area (Å²) in [6.07, 6.45) is 0. The summed E-state index contributed by atoms with van der Waals surface area (Å²) >= 11 is 0. The van der Waals surface area contributed by atoms with Gasteiger partial charge in [-0.3, -0.25) is 0 Å². The van der Waals surface area contributed by atoms with Crippen LogP contribution in [0.5, 0.6) is 5.75 Å². The number of nitrogens with zero attached hydrogens (tertiary/aromatic N) is 1. The van der Waals surface area contributed by atoms with E-state index in [-0.39, 0.29) is 0 Å². The highest BCUT2D eigenvalue weighted by atomic mass is 16.5. The summed E-state index contributed by atoms with van der Waals surface area (Å²) in [6.45, 7) is 4.69. The lowest BCUT2D eigenvalue weighted by atomic mass is 10.1. The fourth-order valence-electron chi connectivity index (χ4n) is 2.28. The van der Waals surface area contributed by atoms with Crippen molar-refractivity contribution in [1.29, 1.82) is 0 Å². The standard InChI is InChI=1S/C17H23N3O/c1-5-21-16-9-13(18)8-15(10-16)19-14-7-6-12(2)17(11-14)20(3)4/h6-11,19H,5,18H2,1-4H3. The van der Waals surface area contributed by atoms with E-state index >= 15 is 0 Å². The van der Waals surface area contributed by atoms with Gasteiger partial charge in [-0.2, -0.15) is 0 Å². The van der Waals surface area contributed by atoms with Crippen LogP contribution in [0.1, 0.15) is 12.5 Å². The number of nitrogens with two attached hydrogens (primary N) is 1. The van der Waals surface area contributed by atoms with Gasteiger partial charge in [0.15, 0.2) is 0 Å². The molecule has 0 aliphatic rings. The van der Waals surface area contributed by atoms with E-state index in [2.05, 4.69) is 35.3 Å². The van der Waals surface area contributed by atoms with E-state index in [1.54, 1.807) is 0 Å². The van der Waals surface area contributed by atoms with Gasteiger partial charge in [-0.05, 0) is 37.6 Å². The molecule has 0 aromatic heterocycles. The van der Waals surface area contributed by atoms with Crippen LogP contribution in [-0.4, -0.2) is 20.7 Å². The SMILES string of the molecule is CCOc1cc(N)cc(Nc2ccc(C)c(N(C)C)c2)c1. The Kier molecular flexibility index (Phi) is 4.58. The molecular formula is C17H23N3O. The zero-order chi connectivity index (χ0) is 15.4. The molecule has 0 saturated carbocycles. The van der Waals surface area contributed by atoms with Crippen LogP contribution in [0.2, 0.25) is 0 Å². The molecule has 0 spiro atoms. The molecular weight excluding hydrogens is 262 g/mol. The topological polar surface area (TPSA) is 50.5 Å². The van der Waals surface area contributed by atoms with Gasteiger partial charge >= 0.3 is 0 Å². The number of rotatable bonds is 5. The first-order valence-electron chi connectivity index (χ1n) is 7.08. The van der Waals surface area contributed by atoms with E-state index in [1.807, 2.05) is 39.2 Å². The van der Waals surface area contributed by atoms with Crippen LogP contribution in [0.4, 0.5) is 22.7 Å². The number of anilines is 4. The van der Waals surface area contributed by atoms with Crippen LogP contribution in [0.25, 0.3) is 0 Å². The maximum atomic E-state index is 5.92. The molecule has 0 fully saturated rings. The second kappa shape index (κ2) is 6.39.